The maximum Gasteiger partial charge on any atom is 0.278 e. The molecule has 0 bridgehead atoms. The average Bonchev–Trinajstić information content (AvgIpc) is 2.96. The Kier molecular flexibility index (Phi) is 2.75. The molecule has 20 heavy (non-hydrogen) atoms. The van der Waals surface area contributed by atoms with Crippen molar-refractivity contribution in [1.82, 2.24) is 29.7 Å². The van der Waals surface area contributed by atoms with Crippen LogP contribution in [0.3, 0.4) is 0 Å². The van der Waals surface area contributed by atoms with Gasteiger partial charge in [0.25, 0.3) is 5.91 Å². The lowest BCUT2D eigenvalue weighted by Crippen LogP contribution is -2.19. The number of imidazole rings is 1. The van der Waals surface area contributed by atoms with E-state index in [1.54, 1.807) is 7.05 Å². The van der Waals surface area contributed by atoms with Gasteiger partial charge in [-0.25, -0.2) is 4.98 Å². The molecule has 0 aromatic carbocycles. The molecule has 4 N–H and O–H groups in total. The lowest BCUT2D eigenvalue weighted by molar-refractivity contribution is 0.101. The van der Waals surface area contributed by atoms with Crippen LogP contribution in [-0.4, -0.2) is 35.6 Å². The van der Waals surface area contributed by atoms with Gasteiger partial charge in [0.1, 0.15) is 11.2 Å². The molecule has 0 atom stereocenters. The molecule has 0 saturated heterocycles. The zero-order valence-corrected chi connectivity index (χ0v) is 11.0. The monoisotopic (exact) mass is 292 g/mol. The first kappa shape index (κ1) is 12.4. The second-order valence-electron chi connectivity index (χ2n) is 3.97. The van der Waals surface area contributed by atoms with Crippen LogP contribution >= 0.6 is 11.6 Å². The number of hydrogen-bond donors (Lipinski definition) is 3. The summed E-state index contributed by atoms with van der Waals surface area (Å²) in [7, 11) is 1.61. The number of carbonyl (C=O) groups excluding carboxylic acids is 1. The number of amides is 1. The van der Waals surface area contributed by atoms with Crippen LogP contribution in [0.15, 0.2) is 12.5 Å². The number of fused-ring (bicyclic) bond motifs is 1. The van der Waals surface area contributed by atoms with Gasteiger partial charge in [-0.15, -0.1) is 0 Å². The molecule has 1 amide bonds. The van der Waals surface area contributed by atoms with Gasteiger partial charge >= 0.3 is 0 Å². The second kappa shape index (κ2) is 4.46. The van der Waals surface area contributed by atoms with Gasteiger partial charge in [-0.2, -0.15) is 15.1 Å². The Hall–Kier alpha value is -2.68. The fourth-order valence-electron chi connectivity index (χ4n) is 1.75. The van der Waals surface area contributed by atoms with E-state index < -0.39 is 5.91 Å². The molecule has 3 heterocycles. The molecule has 10 heteroatoms. The molecule has 3 aromatic rings. The molecule has 3 aromatic heterocycles. The highest BCUT2D eigenvalue weighted by Crippen LogP contribution is 2.19. The predicted octanol–water partition coefficient (Wildman–Crippen LogP) is 0.574. The van der Waals surface area contributed by atoms with Crippen LogP contribution in [0.5, 0.6) is 0 Å². The second-order valence-corrected chi connectivity index (χ2v) is 4.32. The third-order valence-electron chi connectivity index (χ3n) is 2.65. The Morgan fingerprint density at radius 2 is 2.30 bits per heavy atom. The van der Waals surface area contributed by atoms with Gasteiger partial charge in [-0.1, -0.05) is 11.6 Å². The Morgan fingerprint density at radius 1 is 1.50 bits per heavy atom. The Labute approximate surface area is 117 Å². The summed E-state index contributed by atoms with van der Waals surface area (Å²) in [5.41, 5.74) is 7.01. The molecule has 102 valence electrons. The van der Waals surface area contributed by atoms with E-state index >= 15 is 0 Å². The van der Waals surface area contributed by atoms with E-state index in [1.807, 2.05) is 0 Å². The number of aryl methyl sites for hydroxylation is 1. The smallest absolute Gasteiger partial charge is 0.278 e. The summed E-state index contributed by atoms with van der Waals surface area (Å²) >= 11 is 5.96. The lowest BCUT2D eigenvalue weighted by Gasteiger charge is -2.05. The maximum atomic E-state index is 12.1. The zero-order valence-electron chi connectivity index (χ0n) is 10.3. The molecule has 9 nitrogen and oxygen atoms in total. The van der Waals surface area contributed by atoms with E-state index in [1.165, 1.54) is 17.2 Å². The Balaban J connectivity index is 1.95. The number of hydrogen-bond acceptors (Lipinski definition) is 6. The summed E-state index contributed by atoms with van der Waals surface area (Å²) in [4.78, 5) is 26.9. The molecular weight excluding hydrogens is 284 g/mol. The molecule has 0 aliphatic heterocycles. The number of aromatic nitrogens is 6. The van der Waals surface area contributed by atoms with Gasteiger partial charge in [-0.3, -0.25) is 14.8 Å². The van der Waals surface area contributed by atoms with Gasteiger partial charge < -0.3 is 10.7 Å². The molecule has 0 unspecified atom stereocenters. The van der Waals surface area contributed by atoms with Crippen molar-refractivity contribution in [3.8, 4) is 0 Å². The van der Waals surface area contributed by atoms with Crippen LogP contribution < -0.4 is 11.1 Å². The van der Waals surface area contributed by atoms with Crippen LogP contribution in [0.1, 0.15) is 10.5 Å². The van der Waals surface area contributed by atoms with Crippen LogP contribution in [-0.2, 0) is 7.05 Å². The highest BCUT2D eigenvalue weighted by Gasteiger charge is 2.17. The first-order valence-corrected chi connectivity index (χ1v) is 5.89. The van der Waals surface area contributed by atoms with E-state index in [0.717, 1.165) is 0 Å². The number of nitrogens with zero attached hydrogens (tertiary/aromatic N) is 5. The normalized spacial score (nSPS) is 10.9. The van der Waals surface area contributed by atoms with Gasteiger partial charge in [0.05, 0.1) is 18.2 Å². The number of nitrogens with one attached hydrogen (secondary N) is 2. The summed E-state index contributed by atoms with van der Waals surface area (Å²) in [5, 5.41) is 6.56. The number of nitrogen functional groups attached to an aromatic ring is 1. The highest BCUT2D eigenvalue weighted by molar-refractivity contribution is 6.33. The minimum atomic E-state index is -0.478. The number of anilines is 2. The summed E-state index contributed by atoms with van der Waals surface area (Å²) in [6.45, 7) is 0. The van der Waals surface area contributed by atoms with Crippen molar-refractivity contribution in [2.45, 2.75) is 0 Å². The van der Waals surface area contributed by atoms with Crippen molar-refractivity contribution in [1.29, 1.82) is 0 Å². The summed E-state index contributed by atoms with van der Waals surface area (Å²) in [5.74, 6) is -0.436. The van der Waals surface area contributed by atoms with Crippen LogP contribution in [0, 0.1) is 0 Å². The Bertz CT molecular complexity index is 787. The highest BCUT2D eigenvalue weighted by atomic mass is 35.5. The first-order valence-electron chi connectivity index (χ1n) is 5.51. The average molecular weight is 293 g/mol. The number of carbonyl (C=O) groups is 1. The molecule has 0 aliphatic rings. The van der Waals surface area contributed by atoms with Crippen molar-refractivity contribution >= 4 is 40.3 Å². The van der Waals surface area contributed by atoms with Crippen molar-refractivity contribution in [3.05, 3.63) is 23.4 Å². The van der Waals surface area contributed by atoms with E-state index in [4.69, 9.17) is 17.3 Å². The Morgan fingerprint density at radius 3 is 3.00 bits per heavy atom. The fourth-order valence-corrected chi connectivity index (χ4v) is 1.97. The number of H-pyrrole nitrogens is 1. The summed E-state index contributed by atoms with van der Waals surface area (Å²) < 4.78 is 1.36. The SMILES string of the molecule is Cn1ncc(N)c1C(=O)Nc1nc(Cl)c2[nH]cnc2n1. The van der Waals surface area contributed by atoms with E-state index in [0.29, 0.717) is 11.2 Å². The van der Waals surface area contributed by atoms with Crippen LogP contribution in [0.4, 0.5) is 11.6 Å². The summed E-state index contributed by atoms with van der Waals surface area (Å²) in [6.07, 6.45) is 2.83. The van der Waals surface area contributed by atoms with Crippen molar-refractivity contribution < 1.29 is 4.79 Å². The lowest BCUT2D eigenvalue weighted by atomic mass is 10.3. The van der Waals surface area contributed by atoms with Gasteiger partial charge in [0.15, 0.2) is 10.8 Å². The third kappa shape index (κ3) is 1.93. The van der Waals surface area contributed by atoms with E-state index in [2.05, 4.69) is 30.4 Å². The largest absolute Gasteiger partial charge is 0.396 e. The molecule has 3 rings (SSSR count). The number of nitrogens with two attached hydrogens (primary N) is 1. The van der Waals surface area contributed by atoms with Gasteiger partial charge in [-0.05, 0) is 0 Å². The van der Waals surface area contributed by atoms with Gasteiger partial charge in [0.2, 0.25) is 5.95 Å². The first-order chi connectivity index (χ1) is 9.56. The molecule has 0 saturated carbocycles. The third-order valence-corrected chi connectivity index (χ3v) is 2.92. The number of aromatic amines is 1. The van der Waals surface area contributed by atoms with Crippen molar-refractivity contribution in [3.63, 3.8) is 0 Å². The maximum absolute atomic E-state index is 12.1. The molecular formula is C10H9ClN8O. The predicted molar refractivity (Wildman–Crippen MR) is 72.3 cm³/mol. The molecule has 0 aliphatic carbocycles. The zero-order chi connectivity index (χ0) is 14.3. The van der Waals surface area contributed by atoms with Gasteiger partial charge in [0, 0.05) is 7.05 Å². The van der Waals surface area contributed by atoms with Crippen molar-refractivity contribution in [2.24, 2.45) is 7.05 Å². The summed E-state index contributed by atoms with van der Waals surface area (Å²) in [6, 6.07) is 0. The fraction of sp³-hybridized carbons (Fsp3) is 0.100. The van der Waals surface area contributed by atoms with E-state index in [9.17, 15) is 4.79 Å². The minimum Gasteiger partial charge on any atom is -0.396 e. The van der Waals surface area contributed by atoms with Crippen molar-refractivity contribution in [2.75, 3.05) is 11.1 Å². The van der Waals surface area contributed by atoms with Crippen LogP contribution in [0.25, 0.3) is 11.2 Å². The minimum absolute atomic E-state index is 0.0419. The number of halogens is 1. The molecule has 0 fully saturated rings. The number of rotatable bonds is 2. The standard InChI is InChI=1S/C10H9ClN8O/c1-19-6(4(12)2-15-19)9(20)18-10-16-7(11)5-8(17-10)14-3-13-5/h2-3H,12H2,1H3,(H2,13,14,16,17,18,20). The van der Waals surface area contributed by atoms with Crippen LogP contribution in [0.2, 0.25) is 5.15 Å². The molecule has 0 radical (unpaired) electrons. The topological polar surface area (TPSA) is 127 Å². The molecule has 0 spiro atoms. The van der Waals surface area contributed by atoms with E-state index in [-0.39, 0.29) is 22.5 Å². The quantitative estimate of drug-likeness (QED) is 0.593.